The Morgan fingerprint density at radius 2 is 2.17 bits per heavy atom. The Labute approximate surface area is 86.1 Å². The van der Waals surface area contributed by atoms with Crippen LogP contribution in [0, 0.1) is 6.92 Å². The van der Waals surface area contributed by atoms with Crippen molar-refractivity contribution in [3.05, 3.63) is 20.3 Å². The summed E-state index contributed by atoms with van der Waals surface area (Å²) in [6.45, 7) is 7.15. The topological polar surface area (TPSA) is 26.0 Å². The molecule has 68 valence electrons. The molecule has 3 heteroatoms. The Morgan fingerprint density at radius 1 is 1.58 bits per heavy atom. The molecule has 0 saturated heterocycles. The molecule has 1 aromatic heterocycles. The summed E-state index contributed by atoms with van der Waals surface area (Å²) in [6.07, 6.45) is 0. The van der Waals surface area contributed by atoms with E-state index in [0.29, 0.717) is 6.54 Å². The van der Waals surface area contributed by atoms with E-state index in [4.69, 9.17) is 5.73 Å². The molecule has 2 N–H and O–H groups in total. The van der Waals surface area contributed by atoms with Crippen LogP contribution in [0.15, 0.2) is 10.5 Å². The molecular formula is C9H14BrNS. The van der Waals surface area contributed by atoms with Gasteiger partial charge in [0.15, 0.2) is 0 Å². The van der Waals surface area contributed by atoms with Crippen LogP contribution >= 0.6 is 27.3 Å². The Bertz CT molecular complexity index is 259. The lowest BCUT2D eigenvalue weighted by atomic mass is 9.92. The zero-order valence-corrected chi connectivity index (χ0v) is 10.1. The number of hydrogen-bond donors (Lipinski definition) is 1. The third-order valence-electron chi connectivity index (χ3n) is 2.03. The third kappa shape index (κ3) is 1.90. The second kappa shape index (κ2) is 3.48. The molecule has 0 aliphatic rings. The second-order valence-corrected chi connectivity index (χ2v) is 5.71. The zero-order chi connectivity index (χ0) is 9.35. The van der Waals surface area contributed by atoms with E-state index in [0.717, 1.165) is 0 Å². The average molecular weight is 248 g/mol. The first-order valence-corrected chi connectivity index (χ1v) is 5.55. The first-order chi connectivity index (χ1) is 5.47. The van der Waals surface area contributed by atoms with E-state index in [-0.39, 0.29) is 5.41 Å². The molecule has 1 rings (SSSR count). The maximum Gasteiger partial charge on any atom is 0.0314 e. The fourth-order valence-corrected chi connectivity index (χ4v) is 2.54. The van der Waals surface area contributed by atoms with Crippen LogP contribution in [-0.4, -0.2) is 6.54 Å². The van der Waals surface area contributed by atoms with Gasteiger partial charge in [0.2, 0.25) is 0 Å². The number of rotatable bonds is 2. The molecule has 0 radical (unpaired) electrons. The van der Waals surface area contributed by atoms with Crippen LogP contribution in [0.1, 0.15) is 23.6 Å². The maximum absolute atomic E-state index is 5.69. The lowest BCUT2D eigenvalue weighted by Crippen LogP contribution is -2.26. The molecule has 0 saturated carbocycles. The SMILES string of the molecule is Cc1sc(C(C)(C)CN)cc1Br. The van der Waals surface area contributed by atoms with E-state index in [2.05, 4.69) is 42.8 Å². The predicted molar refractivity (Wildman–Crippen MR) is 58.8 cm³/mol. The van der Waals surface area contributed by atoms with Crippen molar-refractivity contribution in [2.75, 3.05) is 6.54 Å². The molecule has 12 heavy (non-hydrogen) atoms. The van der Waals surface area contributed by atoms with Crippen molar-refractivity contribution >= 4 is 27.3 Å². The van der Waals surface area contributed by atoms with Gasteiger partial charge in [-0.05, 0) is 28.9 Å². The summed E-state index contributed by atoms with van der Waals surface area (Å²) in [5.41, 5.74) is 5.80. The van der Waals surface area contributed by atoms with Gasteiger partial charge in [-0.15, -0.1) is 11.3 Å². The van der Waals surface area contributed by atoms with Gasteiger partial charge in [-0.3, -0.25) is 0 Å². The molecule has 1 heterocycles. The molecule has 0 fully saturated rings. The first-order valence-electron chi connectivity index (χ1n) is 3.94. The van der Waals surface area contributed by atoms with Crippen molar-refractivity contribution in [3.63, 3.8) is 0 Å². The summed E-state index contributed by atoms with van der Waals surface area (Å²) in [7, 11) is 0. The minimum Gasteiger partial charge on any atom is -0.330 e. The minimum atomic E-state index is 0.113. The summed E-state index contributed by atoms with van der Waals surface area (Å²) >= 11 is 5.33. The summed E-state index contributed by atoms with van der Waals surface area (Å²) < 4.78 is 1.20. The van der Waals surface area contributed by atoms with Crippen molar-refractivity contribution in [1.29, 1.82) is 0 Å². The van der Waals surface area contributed by atoms with Gasteiger partial charge < -0.3 is 5.73 Å². The standard InChI is InChI=1S/C9H14BrNS/c1-6-7(10)4-8(12-6)9(2,3)5-11/h4H,5,11H2,1-3H3. The van der Waals surface area contributed by atoms with E-state index in [9.17, 15) is 0 Å². The van der Waals surface area contributed by atoms with Crippen molar-refractivity contribution < 1.29 is 0 Å². The molecule has 0 aliphatic carbocycles. The Balaban J connectivity index is 3.04. The van der Waals surface area contributed by atoms with Crippen LogP contribution in [0.25, 0.3) is 0 Å². The third-order valence-corrected chi connectivity index (χ3v) is 4.54. The molecule has 0 unspecified atom stereocenters. The number of halogens is 1. The smallest absolute Gasteiger partial charge is 0.0314 e. The highest BCUT2D eigenvalue weighted by Gasteiger charge is 2.21. The molecule has 0 amide bonds. The van der Waals surface area contributed by atoms with Crippen molar-refractivity contribution in [3.8, 4) is 0 Å². The fraction of sp³-hybridized carbons (Fsp3) is 0.556. The zero-order valence-electron chi connectivity index (χ0n) is 7.65. The van der Waals surface area contributed by atoms with Crippen LogP contribution in [-0.2, 0) is 5.41 Å². The van der Waals surface area contributed by atoms with Gasteiger partial charge in [0.25, 0.3) is 0 Å². The van der Waals surface area contributed by atoms with Gasteiger partial charge in [0, 0.05) is 26.2 Å². The van der Waals surface area contributed by atoms with E-state index < -0.39 is 0 Å². The first kappa shape index (κ1) is 10.2. The normalized spacial score (nSPS) is 12.1. The summed E-state index contributed by atoms with van der Waals surface area (Å²) in [6, 6.07) is 2.17. The largest absolute Gasteiger partial charge is 0.330 e. The summed E-state index contributed by atoms with van der Waals surface area (Å²) in [5, 5.41) is 0. The van der Waals surface area contributed by atoms with Gasteiger partial charge in [-0.1, -0.05) is 13.8 Å². The van der Waals surface area contributed by atoms with Gasteiger partial charge in [0.05, 0.1) is 0 Å². The number of aryl methyl sites for hydroxylation is 1. The van der Waals surface area contributed by atoms with Crippen LogP contribution in [0.4, 0.5) is 0 Å². The molecule has 0 aliphatic heterocycles. The van der Waals surface area contributed by atoms with Crippen LogP contribution < -0.4 is 5.73 Å². The highest BCUT2D eigenvalue weighted by Crippen LogP contribution is 2.34. The number of thiophene rings is 1. The average Bonchev–Trinajstić information content (AvgIpc) is 2.33. The molecule has 1 nitrogen and oxygen atoms in total. The summed E-state index contributed by atoms with van der Waals surface area (Å²) in [5.74, 6) is 0. The molecule has 0 atom stereocenters. The van der Waals surface area contributed by atoms with Crippen LogP contribution in [0.2, 0.25) is 0 Å². The second-order valence-electron chi connectivity index (χ2n) is 3.60. The van der Waals surface area contributed by atoms with E-state index in [1.807, 2.05) is 11.3 Å². The van der Waals surface area contributed by atoms with Gasteiger partial charge in [-0.25, -0.2) is 0 Å². The quantitative estimate of drug-likeness (QED) is 0.855. The Kier molecular flexibility index (Phi) is 2.97. The minimum absolute atomic E-state index is 0.113. The van der Waals surface area contributed by atoms with Crippen molar-refractivity contribution in [2.24, 2.45) is 5.73 Å². The molecule has 0 bridgehead atoms. The predicted octanol–water partition coefficient (Wildman–Crippen LogP) is 3.06. The maximum atomic E-state index is 5.69. The lowest BCUT2D eigenvalue weighted by molar-refractivity contribution is 0.550. The van der Waals surface area contributed by atoms with Crippen LogP contribution in [0.3, 0.4) is 0 Å². The molecular weight excluding hydrogens is 234 g/mol. The highest BCUT2D eigenvalue weighted by atomic mass is 79.9. The molecule has 0 aromatic carbocycles. The summed E-state index contributed by atoms with van der Waals surface area (Å²) in [4.78, 5) is 2.68. The molecule has 1 aromatic rings. The van der Waals surface area contributed by atoms with E-state index in [1.54, 1.807) is 0 Å². The van der Waals surface area contributed by atoms with Crippen molar-refractivity contribution in [2.45, 2.75) is 26.2 Å². The fourth-order valence-electron chi connectivity index (χ4n) is 0.894. The number of nitrogens with two attached hydrogens (primary N) is 1. The number of hydrogen-bond acceptors (Lipinski definition) is 2. The van der Waals surface area contributed by atoms with Gasteiger partial charge in [-0.2, -0.15) is 0 Å². The monoisotopic (exact) mass is 247 g/mol. The Hall–Kier alpha value is 0.140. The van der Waals surface area contributed by atoms with Gasteiger partial charge in [0.1, 0.15) is 0 Å². The highest BCUT2D eigenvalue weighted by molar-refractivity contribution is 9.10. The van der Waals surface area contributed by atoms with Crippen molar-refractivity contribution in [1.82, 2.24) is 0 Å². The van der Waals surface area contributed by atoms with E-state index in [1.165, 1.54) is 14.2 Å². The van der Waals surface area contributed by atoms with E-state index >= 15 is 0 Å². The van der Waals surface area contributed by atoms with Gasteiger partial charge >= 0.3 is 0 Å². The Morgan fingerprint density at radius 3 is 2.50 bits per heavy atom. The lowest BCUT2D eigenvalue weighted by Gasteiger charge is -2.19. The van der Waals surface area contributed by atoms with Crippen LogP contribution in [0.5, 0.6) is 0 Å². The molecule has 0 spiro atoms.